The van der Waals surface area contributed by atoms with Gasteiger partial charge in [0.1, 0.15) is 5.60 Å². The lowest BCUT2D eigenvalue weighted by molar-refractivity contribution is -0.0718. The third kappa shape index (κ3) is 3.78. The zero-order chi connectivity index (χ0) is 15.8. The van der Waals surface area contributed by atoms with Gasteiger partial charge in [-0.3, -0.25) is 18.9 Å². The molecular weight excluding hydrogens is 303 g/mol. The maximum Gasteiger partial charge on any atom is 0.469 e. The first-order valence-electron chi connectivity index (χ1n) is 5.99. The first-order chi connectivity index (χ1) is 9.60. The van der Waals surface area contributed by atoms with Gasteiger partial charge in [0.15, 0.2) is 6.23 Å². The lowest BCUT2D eigenvalue weighted by Gasteiger charge is -2.25. The standard InChI is InChI=1S/C11H15N2O7P/c1-7-5-13(10(15)12-9(7)14)8-3-4-11(2,20-8)6-19-21(16,17)18/h3-5,8H,6H2,1-2H3,(H,12,14,15)(H2,16,17,18)/t8-,11+/m1/s1. The van der Waals surface area contributed by atoms with Gasteiger partial charge in [0.2, 0.25) is 0 Å². The molecule has 0 fully saturated rings. The van der Waals surface area contributed by atoms with Crippen LogP contribution in [0, 0.1) is 6.92 Å². The van der Waals surface area contributed by atoms with Crippen molar-refractivity contribution in [3.05, 3.63) is 44.8 Å². The number of H-pyrrole nitrogens is 1. The van der Waals surface area contributed by atoms with Crippen LogP contribution in [0.1, 0.15) is 18.7 Å². The number of ether oxygens (including phenoxy) is 1. The number of nitrogens with zero attached hydrogens (tertiary/aromatic N) is 1. The van der Waals surface area contributed by atoms with Crippen LogP contribution in [0.15, 0.2) is 27.9 Å². The number of rotatable bonds is 4. The van der Waals surface area contributed by atoms with E-state index in [0.717, 1.165) is 0 Å². The maximum absolute atomic E-state index is 11.7. The quantitative estimate of drug-likeness (QED) is 0.517. The highest BCUT2D eigenvalue weighted by Crippen LogP contribution is 2.39. The zero-order valence-electron chi connectivity index (χ0n) is 11.3. The number of hydrogen-bond donors (Lipinski definition) is 3. The SMILES string of the molecule is Cc1cn([C@H]2C=C[C@@](C)(COP(=O)(O)O)O2)c(=O)[nH]c1=O. The van der Waals surface area contributed by atoms with E-state index in [2.05, 4.69) is 9.51 Å². The molecule has 10 heteroatoms. The number of phosphoric ester groups is 1. The van der Waals surface area contributed by atoms with E-state index in [-0.39, 0.29) is 6.61 Å². The fraction of sp³-hybridized carbons (Fsp3) is 0.455. The predicted molar refractivity (Wildman–Crippen MR) is 71.7 cm³/mol. The summed E-state index contributed by atoms with van der Waals surface area (Å²) in [6, 6.07) is 0. The molecule has 2 atom stereocenters. The number of aromatic nitrogens is 2. The van der Waals surface area contributed by atoms with Crippen LogP contribution in [-0.4, -0.2) is 31.5 Å². The Kier molecular flexibility index (Phi) is 4.05. The molecule has 0 amide bonds. The van der Waals surface area contributed by atoms with Gasteiger partial charge in [-0.2, -0.15) is 0 Å². The van der Waals surface area contributed by atoms with Crippen molar-refractivity contribution in [3.8, 4) is 0 Å². The summed E-state index contributed by atoms with van der Waals surface area (Å²) in [6.07, 6.45) is 3.65. The van der Waals surface area contributed by atoms with Gasteiger partial charge in [-0.15, -0.1) is 0 Å². The van der Waals surface area contributed by atoms with Crippen molar-refractivity contribution < 1.29 is 23.6 Å². The van der Waals surface area contributed by atoms with Crippen LogP contribution in [0.25, 0.3) is 0 Å². The lowest BCUT2D eigenvalue weighted by Crippen LogP contribution is -2.36. The normalized spacial score (nSPS) is 25.4. The lowest BCUT2D eigenvalue weighted by atomic mass is 10.1. The molecule has 0 aliphatic carbocycles. The Morgan fingerprint density at radius 1 is 1.52 bits per heavy atom. The van der Waals surface area contributed by atoms with E-state index < -0.39 is 30.9 Å². The Hall–Kier alpha value is -1.51. The van der Waals surface area contributed by atoms with Crippen LogP contribution < -0.4 is 11.2 Å². The minimum atomic E-state index is -4.61. The Morgan fingerprint density at radius 3 is 2.81 bits per heavy atom. The van der Waals surface area contributed by atoms with Gasteiger partial charge in [0.05, 0.1) is 6.61 Å². The van der Waals surface area contributed by atoms with Crippen molar-refractivity contribution in [1.82, 2.24) is 9.55 Å². The minimum absolute atomic E-state index is 0.340. The summed E-state index contributed by atoms with van der Waals surface area (Å²) < 4.78 is 21.9. The smallest absolute Gasteiger partial charge is 0.342 e. The van der Waals surface area contributed by atoms with Gasteiger partial charge in [0.25, 0.3) is 5.56 Å². The molecule has 0 radical (unpaired) electrons. The summed E-state index contributed by atoms with van der Waals surface area (Å²) in [5, 5.41) is 0. The topological polar surface area (TPSA) is 131 Å². The highest BCUT2D eigenvalue weighted by molar-refractivity contribution is 7.46. The average molecular weight is 318 g/mol. The van der Waals surface area contributed by atoms with Crippen LogP contribution in [0.2, 0.25) is 0 Å². The van der Waals surface area contributed by atoms with Crippen LogP contribution in [0.4, 0.5) is 0 Å². The summed E-state index contributed by atoms with van der Waals surface area (Å²) in [6.45, 7) is 2.73. The van der Waals surface area contributed by atoms with E-state index in [1.807, 2.05) is 0 Å². The summed E-state index contributed by atoms with van der Waals surface area (Å²) >= 11 is 0. The van der Waals surface area contributed by atoms with Gasteiger partial charge >= 0.3 is 13.5 Å². The Balaban J connectivity index is 2.18. The molecule has 0 spiro atoms. The molecule has 3 N–H and O–H groups in total. The second-order valence-electron chi connectivity index (χ2n) is 4.92. The molecule has 9 nitrogen and oxygen atoms in total. The maximum atomic E-state index is 11.7. The molecule has 1 aliphatic rings. The highest BCUT2D eigenvalue weighted by Gasteiger charge is 2.34. The van der Waals surface area contributed by atoms with Gasteiger partial charge in [-0.05, 0) is 19.9 Å². The second kappa shape index (κ2) is 5.36. The molecule has 1 aliphatic heterocycles. The van der Waals surface area contributed by atoms with Crippen molar-refractivity contribution in [2.75, 3.05) is 6.61 Å². The molecule has 0 aromatic carbocycles. The molecule has 116 valence electrons. The van der Waals surface area contributed by atoms with Crippen LogP contribution >= 0.6 is 7.82 Å². The van der Waals surface area contributed by atoms with Crippen molar-refractivity contribution in [1.29, 1.82) is 0 Å². The van der Waals surface area contributed by atoms with E-state index in [0.29, 0.717) is 5.56 Å². The van der Waals surface area contributed by atoms with Gasteiger partial charge in [0, 0.05) is 11.8 Å². The van der Waals surface area contributed by atoms with Crippen molar-refractivity contribution in [2.45, 2.75) is 25.7 Å². The number of phosphoric acid groups is 1. The second-order valence-corrected chi connectivity index (χ2v) is 6.16. The predicted octanol–water partition coefficient (Wildman–Crippen LogP) is -0.202. The molecule has 0 unspecified atom stereocenters. The van der Waals surface area contributed by atoms with Crippen molar-refractivity contribution in [3.63, 3.8) is 0 Å². The first kappa shape index (κ1) is 15.9. The van der Waals surface area contributed by atoms with Crippen molar-refractivity contribution >= 4 is 7.82 Å². The minimum Gasteiger partial charge on any atom is -0.342 e. The first-order valence-corrected chi connectivity index (χ1v) is 7.52. The Morgan fingerprint density at radius 2 is 2.19 bits per heavy atom. The van der Waals surface area contributed by atoms with Gasteiger partial charge < -0.3 is 14.5 Å². The molecule has 21 heavy (non-hydrogen) atoms. The van der Waals surface area contributed by atoms with E-state index in [1.165, 1.54) is 10.8 Å². The Bertz CT molecular complexity index is 731. The van der Waals surface area contributed by atoms with Gasteiger partial charge in [-0.1, -0.05) is 6.08 Å². The van der Waals surface area contributed by atoms with Crippen LogP contribution in [0.3, 0.4) is 0 Å². The monoisotopic (exact) mass is 318 g/mol. The molecule has 0 saturated heterocycles. The Labute approximate surface area is 119 Å². The van der Waals surface area contributed by atoms with Gasteiger partial charge in [-0.25, -0.2) is 9.36 Å². The number of aryl methyl sites for hydroxylation is 1. The summed E-state index contributed by atoms with van der Waals surface area (Å²) in [7, 11) is -4.61. The van der Waals surface area contributed by atoms with E-state index in [1.54, 1.807) is 26.0 Å². The van der Waals surface area contributed by atoms with E-state index in [4.69, 9.17) is 14.5 Å². The molecule has 2 heterocycles. The van der Waals surface area contributed by atoms with Crippen LogP contribution in [0.5, 0.6) is 0 Å². The molecule has 2 rings (SSSR count). The zero-order valence-corrected chi connectivity index (χ0v) is 12.2. The summed E-state index contributed by atoms with van der Waals surface area (Å²) in [4.78, 5) is 42.6. The molecule has 1 aromatic heterocycles. The molecule has 0 bridgehead atoms. The average Bonchev–Trinajstić information content (AvgIpc) is 2.74. The highest BCUT2D eigenvalue weighted by atomic mass is 31.2. The molecular formula is C11H15N2O7P. The summed E-state index contributed by atoms with van der Waals surface area (Å²) in [5.41, 5.74) is -1.87. The largest absolute Gasteiger partial charge is 0.469 e. The molecule has 1 aromatic rings. The summed E-state index contributed by atoms with van der Waals surface area (Å²) in [5.74, 6) is 0. The van der Waals surface area contributed by atoms with Crippen LogP contribution in [-0.2, 0) is 13.8 Å². The molecule has 0 saturated carbocycles. The third-order valence-electron chi connectivity index (χ3n) is 2.94. The number of aromatic amines is 1. The van der Waals surface area contributed by atoms with E-state index >= 15 is 0 Å². The number of nitrogens with one attached hydrogen (secondary N) is 1. The van der Waals surface area contributed by atoms with E-state index in [9.17, 15) is 14.2 Å². The fourth-order valence-corrected chi connectivity index (χ4v) is 2.28. The fourth-order valence-electron chi connectivity index (χ4n) is 1.86. The number of hydrogen-bond acceptors (Lipinski definition) is 5. The van der Waals surface area contributed by atoms with Crippen molar-refractivity contribution in [2.24, 2.45) is 0 Å². The third-order valence-corrected chi connectivity index (χ3v) is 3.41.